The van der Waals surface area contributed by atoms with Gasteiger partial charge in [0.2, 0.25) is 0 Å². The van der Waals surface area contributed by atoms with Gasteiger partial charge in [-0.1, -0.05) is 19.9 Å². The van der Waals surface area contributed by atoms with Gasteiger partial charge in [-0.3, -0.25) is 4.79 Å². The Hall–Kier alpha value is -2.04. The number of aliphatic hydroxyl groups excluding tert-OH is 4. The van der Waals surface area contributed by atoms with E-state index in [1.165, 1.54) is 14.0 Å². The summed E-state index contributed by atoms with van der Waals surface area (Å²) in [5, 5.41) is 79.7. The topological polar surface area (TPSA) is 296 Å². The van der Waals surface area contributed by atoms with Crippen molar-refractivity contribution in [1.82, 2.24) is 0 Å². The van der Waals surface area contributed by atoms with E-state index in [1.54, 1.807) is 54.9 Å². The Morgan fingerprint density at radius 3 is 1.71 bits per heavy atom. The van der Waals surface area contributed by atoms with Crippen LogP contribution in [0.5, 0.6) is 0 Å². The van der Waals surface area contributed by atoms with Crippen molar-refractivity contribution in [3.8, 4) is 0 Å². The zero-order valence-electron chi connectivity index (χ0n) is 47.0. The van der Waals surface area contributed by atoms with Crippen molar-refractivity contribution in [2.75, 3.05) is 27.9 Å². The number of carbonyl (C=O) groups excluding carboxylic acids is 2. The molecule has 4 aliphatic carbocycles. The molecule has 8 rings (SSSR count). The van der Waals surface area contributed by atoms with Gasteiger partial charge in [0, 0.05) is 53.1 Å². The Kier molecular flexibility index (Phi) is 18.8. The van der Waals surface area contributed by atoms with E-state index in [0.717, 1.165) is 0 Å². The summed E-state index contributed by atoms with van der Waals surface area (Å²) in [6.07, 6.45) is -11.0. The number of methoxy groups -OCH3 is 3. The molecule has 8 aliphatic rings. The molecule has 0 aromatic heterocycles. The number of rotatable bonds is 16. The molecule has 8 fully saturated rings. The maximum atomic E-state index is 13.1. The van der Waals surface area contributed by atoms with Gasteiger partial charge in [-0.05, 0) is 110 Å². The van der Waals surface area contributed by atoms with E-state index in [9.17, 15) is 45.3 Å². The number of esters is 2. The number of hydrogen-bond donors (Lipinski definition) is 7. The molecule has 0 spiro atoms. The molecular formula is C55H90O22. The van der Waals surface area contributed by atoms with Gasteiger partial charge >= 0.3 is 11.9 Å². The fourth-order valence-electron chi connectivity index (χ4n) is 15.3. The minimum Gasteiger partial charge on any atom is -0.462 e. The van der Waals surface area contributed by atoms with E-state index >= 15 is 0 Å². The van der Waals surface area contributed by atoms with Crippen LogP contribution in [0.15, 0.2) is 11.6 Å². The maximum absolute atomic E-state index is 13.1. The third kappa shape index (κ3) is 10.8. The Labute approximate surface area is 452 Å². The van der Waals surface area contributed by atoms with E-state index in [2.05, 4.69) is 6.92 Å². The number of fused-ring (bicyclic) bond motifs is 5. The second-order valence-electron chi connectivity index (χ2n) is 23.9. The highest BCUT2D eigenvalue weighted by Gasteiger charge is 2.82. The molecule has 0 bridgehead atoms. The number of ether oxygens (including phenoxy) is 13. The molecule has 4 saturated carbocycles. The molecule has 7 N–H and O–H groups in total. The molecule has 22 nitrogen and oxygen atoms in total. The highest BCUT2D eigenvalue weighted by Crippen LogP contribution is 2.72. The number of carbonyl (C=O) groups is 2. The maximum Gasteiger partial charge on any atom is 0.333 e. The van der Waals surface area contributed by atoms with Crippen LogP contribution in [0.25, 0.3) is 0 Å². The Morgan fingerprint density at radius 2 is 1.21 bits per heavy atom. The molecular weight excluding hydrogens is 1010 g/mol. The summed E-state index contributed by atoms with van der Waals surface area (Å²) in [7, 11) is 4.73. The average Bonchev–Trinajstić information content (AvgIpc) is 3.83. The van der Waals surface area contributed by atoms with Crippen molar-refractivity contribution >= 4 is 11.9 Å². The minimum absolute atomic E-state index is 0.0171. The number of hydrogen-bond acceptors (Lipinski definition) is 22. The largest absolute Gasteiger partial charge is 0.462 e. The van der Waals surface area contributed by atoms with Crippen LogP contribution in [0.3, 0.4) is 0 Å². The molecule has 0 radical (unpaired) electrons. The first-order valence-corrected chi connectivity index (χ1v) is 27.9. The van der Waals surface area contributed by atoms with Crippen LogP contribution in [0.4, 0.5) is 0 Å². The van der Waals surface area contributed by atoms with Crippen LogP contribution < -0.4 is 0 Å². The minimum atomic E-state index is -1.89. The molecule has 0 amide bonds. The van der Waals surface area contributed by atoms with Crippen molar-refractivity contribution in [1.29, 1.82) is 0 Å². The van der Waals surface area contributed by atoms with Gasteiger partial charge in [-0.15, -0.1) is 0 Å². The van der Waals surface area contributed by atoms with Gasteiger partial charge < -0.3 is 97.3 Å². The normalized spacial score (nSPS) is 50.7. The summed E-state index contributed by atoms with van der Waals surface area (Å²) in [4.78, 5) is 25.8. The van der Waals surface area contributed by atoms with Gasteiger partial charge in [0.15, 0.2) is 25.2 Å². The van der Waals surface area contributed by atoms with E-state index in [1.807, 2.05) is 13.8 Å². The lowest BCUT2D eigenvalue weighted by atomic mass is 9.40. The fraction of sp³-hybridized carbons (Fsp3) is 0.927. The molecule has 4 aliphatic heterocycles. The monoisotopic (exact) mass is 1100 g/mol. The summed E-state index contributed by atoms with van der Waals surface area (Å²) < 4.78 is 80.6. The quantitative estimate of drug-likeness (QED) is 0.0662. The molecule has 0 aromatic carbocycles. The predicted molar refractivity (Wildman–Crippen MR) is 268 cm³/mol. The lowest BCUT2D eigenvalue weighted by Crippen LogP contribution is -2.79. The molecule has 22 heteroatoms. The highest BCUT2D eigenvalue weighted by atomic mass is 16.8. The van der Waals surface area contributed by atoms with Gasteiger partial charge in [0.25, 0.3) is 0 Å². The Balaban J connectivity index is 0.863. The predicted octanol–water partition coefficient (Wildman–Crippen LogP) is 2.22. The van der Waals surface area contributed by atoms with Crippen molar-refractivity contribution in [2.24, 2.45) is 22.7 Å². The fourth-order valence-corrected chi connectivity index (χ4v) is 15.3. The van der Waals surface area contributed by atoms with E-state index < -0.39 is 169 Å². The van der Waals surface area contributed by atoms with Crippen molar-refractivity contribution in [3.63, 3.8) is 0 Å². The molecule has 77 heavy (non-hydrogen) atoms. The van der Waals surface area contributed by atoms with Crippen LogP contribution in [0.1, 0.15) is 133 Å². The molecule has 27 atom stereocenters. The first-order valence-electron chi connectivity index (χ1n) is 27.9. The van der Waals surface area contributed by atoms with E-state index in [0.29, 0.717) is 44.1 Å². The summed E-state index contributed by atoms with van der Waals surface area (Å²) in [5.74, 6) is -1.59. The zero-order chi connectivity index (χ0) is 56.3. The first-order chi connectivity index (χ1) is 36.3. The Morgan fingerprint density at radius 1 is 0.675 bits per heavy atom. The van der Waals surface area contributed by atoms with Crippen LogP contribution in [0, 0.1) is 22.7 Å². The first kappa shape index (κ1) is 61.0. The third-order valence-electron chi connectivity index (χ3n) is 20.1. The summed E-state index contributed by atoms with van der Waals surface area (Å²) in [6, 6.07) is 0. The second kappa shape index (κ2) is 23.7. The molecule has 4 saturated heterocycles. The molecule has 0 unspecified atom stereocenters. The lowest BCUT2D eigenvalue weighted by molar-refractivity contribution is -0.357. The molecule has 442 valence electrons. The van der Waals surface area contributed by atoms with Crippen LogP contribution in [-0.4, -0.2) is 215 Å². The van der Waals surface area contributed by atoms with Crippen LogP contribution in [-0.2, 0) is 71.2 Å². The molecule has 0 aromatic rings. The average molecular weight is 1100 g/mol. The second-order valence-corrected chi connectivity index (χ2v) is 23.9. The van der Waals surface area contributed by atoms with Gasteiger partial charge in [-0.2, -0.15) is 0 Å². The van der Waals surface area contributed by atoms with Crippen molar-refractivity contribution < 1.29 is 107 Å². The van der Waals surface area contributed by atoms with E-state index in [-0.39, 0.29) is 44.1 Å². The summed E-state index contributed by atoms with van der Waals surface area (Å²) in [6.45, 7) is 15.0. The lowest BCUT2D eigenvalue weighted by Gasteiger charge is -2.69. The standard InChI is InChI=1S/C55H90O22/c1-13-26(2)49(61)71-30(6)53(62)18-19-55(64)52(53,9)39(72-31(7)57)24-38-51(8)16-15-33(20-32(51)14-17-54(38,55)63)73-40-21-34(65-10)46(27(3)68-40)75-41-22-35(66-11)47(28(4)69-41)76-42-23-36(67-12)48(29(5)70-42)77-50-45(60)44(59)43(58)37(25-56)74-50/h13,27-30,32-48,50,56,58-60,62-64H,14-25H2,1-12H3/b26-13+/t27-,28-,29-,30-,32+,33+,34+,35+,36-,37-,38-,39-,40+,41+,42+,43+,44+,45-,46-,47-,48-,50+,51+,52-,53-,54+,55-/m1/s1. The number of aliphatic hydroxyl groups is 7. The molecule has 4 heterocycles. The van der Waals surface area contributed by atoms with Crippen LogP contribution >= 0.6 is 0 Å². The Bertz CT molecular complexity index is 2060. The highest BCUT2D eigenvalue weighted by molar-refractivity contribution is 5.87. The number of allylic oxidation sites excluding steroid dienone is 1. The summed E-state index contributed by atoms with van der Waals surface area (Å²) in [5.41, 5.74) is -7.09. The van der Waals surface area contributed by atoms with Crippen molar-refractivity contribution in [3.05, 3.63) is 11.6 Å². The van der Waals surface area contributed by atoms with E-state index in [4.69, 9.17) is 61.6 Å². The zero-order valence-corrected chi connectivity index (χ0v) is 47.0. The van der Waals surface area contributed by atoms with Crippen molar-refractivity contribution in [2.45, 2.75) is 273 Å². The van der Waals surface area contributed by atoms with Gasteiger partial charge in [0.05, 0.1) is 60.4 Å². The third-order valence-corrected chi connectivity index (χ3v) is 20.1. The SMILES string of the molecule is C/C=C(\C)C(=O)O[C@H](C)[C@]1(O)CC[C@@]2(O)[C@]1(C)[C@H](OC(C)=O)C[C@@H]1[C@@]3(C)CC[C@H](O[C@H]4C[C@H](OC)[C@H](O[C@H]5C[C@H](OC)[C@H](O[C@H]6C[C@@H](OC)[C@H](O[C@@H]7O[C@H](CO)[C@H](O)[C@H](O)[C@H]7O)[C@@H](C)O6)[C@@H](C)O5)[C@@H](C)O4)C[C@@H]3CC[C@]12O. The van der Waals surface area contributed by atoms with Gasteiger partial charge in [-0.25, -0.2) is 4.79 Å². The smallest absolute Gasteiger partial charge is 0.333 e. The van der Waals surface area contributed by atoms with Gasteiger partial charge in [0.1, 0.15) is 66.1 Å². The van der Waals surface area contributed by atoms with Crippen LogP contribution in [0.2, 0.25) is 0 Å². The summed E-state index contributed by atoms with van der Waals surface area (Å²) >= 11 is 0.